The van der Waals surface area contributed by atoms with Crippen LogP contribution in [0.25, 0.3) is 0 Å². The SMILES string of the molecule is C=CCCOCCNc1nc(Cl)ncc1[N+](=O)[O-]. The van der Waals surface area contributed by atoms with Gasteiger partial charge in [0, 0.05) is 6.54 Å². The van der Waals surface area contributed by atoms with Gasteiger partial charge in [-0.25, -0.2) is 4.98 Å². The lowest BCUT2D eigenvalue weighted by atomic mass is 10.4. The number of nitro groups is 1. The monoisotopic (exact) mass is 272 g/mol. The van der Waals surface area contributed by atoms with Gasteiger partial charge in [-0.15, -0.1) is 6.58 Å². The fourth-order valence-corrected chi connectivity index (χ4v) is 1.26. The highest BCUT2D eigenvalue weighted by Gasteiger charge is 2.16. The second kappa shape index (κ2) is 7.57. The second-order valence-corrected chi connectivity index (χ2v) is 3.58. The summed E-state index contributed by atoms with van der Waals surface area (Å²) in [5.41, 5.74) is -0.217. The van der Waals surface area contributed by atoms with Crippen molar-refractivity contribution in [1.29, 1.82) is 0 Å². The summed E-state index contributed by atoms with van der Waals surface area (Å²) in [7, 11) is 0. The lowest BCUT2D eigenvalue weighted by molar-refractivity contribution is -0.384. The minimum atomic E-state index is -0.572. The fraction of sp³-hybridized carbons (Fsp3) is 0.400. The predicted octanol–water partition coefficient (Wildman–Crippen LogP) is 2.04. The van der Waals surface area contributed by atoms with E-state index in [0.29, 0.717) is 19.8 Å². The van der Waals surface area contributed by atoms with Crippen LogP contribution in [0.3, 0.4) is 0 Å². The molecule has 0 radical (unpaired) electrons. The number of nitrogens with one attached hydrogen (secondary N) is 1. The van der Waals surface area contributed by atoms with E-state index < -0.39 is 4.92 Å². The first-order chi connectivity index (χ1) is 8.65. The van der Waals surface area contributed by atoms with Crippen molar-refractivity contribution >= 4 is 23.1 Å². The maximum Gasteiger partial charge on any atom is 0.329 e. The highest BCUT2D eigenvalue weighted by atomic mass is 35.5. The summed E-state index contributed by atoms with van der Waals surface area (Å²) in [6.07, 6.45) is 3.58. The highest BCUT2D eigenvalue weighted by molar-refractivity contribution is 6.28. The van der Waals surface area contributed by atoms with E-state index in [4.69, 9.17) is 16.3 Å². The van der Waals surface area contributed by atoms with Crippen molar-refractivity contribution in [3.8, 4) is 0 Å². The molecule has 0 unspecified atom stereocenters. The summed E-state index contributed by atoms with van der Waals surface area (Å²) in [5.74, 6) is 0.0901. The van der Waals surface area contributed by atoms with Crippen LogP contribution in [0.15, 0.2) is 18.9 Å². The molecule has 0 aromatic carbocycles. The zero-order valence-electron chi connectivity index (χ0n) is 9.63. The molecule has 0 bridgehead atoms. The normalized spacial score (nSPS) is 10.1. The van der Waals surface area contributed by atoms with Crippen LogP contribution in [0.2, 0.25) is 5.28 Å². The van der Waals surface area contributed by atoms with Gasteiger partial charge >= 0.3 is 5.69 Å². The third-order valence-corrected chi connectivity index (χ3v) is 2.12. The maximum absolute atomic E-state index is 10.7. The van der Waals surface area contributed by atoms with Gasteiger partial charge in [-0.1, -0.05) is 6.08 Å². The van der Waals surface area contributed by atoms with Crippen molar-refractivity contribution < 1.29 is 9.66 Å². The third kappa shape index (κ3) is 4.64. The Morgan fingerprint density at radius 2 is 2.39 bits per heavy atom. The summed E-state index contributed by atoms with van der Waals surface area (Å²) >= 11 is 5.58. The van der Waals surface area contributed by atoms with Gasteiger partial charge < -0.3 is 10.1 Å². The Kier molecular flexibility index (Phi) is 6.03. The summed E-state index contributed by atoms with van der Waals surface area (Å²) in [6.45, 7) is 4.94. The first kappa shape index (κ1) is 14.3. The van der Waals surface area contributed by atoms with Crippen molar-refractivity contribution in [3.05, 3.63) is 34.2 Å². The van der Waals surface area contributed by atoms with Crippen molar-refractivity contribution in [3.63, 3.8) is 0 Å². The molecule has 1 aromatic rings. The van der Waals surface area contributed by atoms with Crippen LogP contribution >= 0.6 is 11.6 Å². The molecule has 1 aromatic heterocycles. The van der Waals surface area contributed by atoms with E-state index >= 15 is 0 Å². The Balaban J connectivity index is 2.47. The molecule has 1 N–H and O–H groups in total. The van der Waals surface area contributed by atoms with Crippen LogP contribution in [0.5, 0.6) is 0 Å². The fourth-order valence-electron chi connectivity index (χ4n) is 1.13. The molecule has 0 atom stereocenters. The Morgan fingerprint density at radius 3 is 3.06 bits per heavy atom. The van der Waals surface area contributed by atoms with Crippen molar-refractivity contribution in [2.45, 2.75) is 6.42 Å². The first-order valence-corrected chi connectivity index (χ1v) is 5.62. The molecule has 0 aliphatic rings. The molecule has 0 saturated heterocycles. The van der Waals surface area contributed by atoms with Crippen LogP contribution in [-0.4, -0.2) is 34.6 Å². The highest BCUT2D eigenvalue weighted by Crippen LogP contribution is 2.21. The minimum absolute atomic E-state index is 0.0457. The summed E-state index contributed by atoms with van der Waals surface area (Å²) < 4.78 is 5.25. The van der Waals surface area contributed by atoms with E-state index in [9.17, 15) is 10.1 Å². The average molecular weight is 273 g/mol. The van der Waals surface area contributed by atoms with Gasteiger partial charge in [-0.05, 0) is 18.0 Å². The van der Waals surface area contributed by atoms with Gasteiger partial charge in [-0.3, -0.25) is 10.1 Å². The molecule has 0 fully saturated rings. The number of aromatic nitrogens is 2. The predicted molar refractivity (Wildman–Crippen MR) is 67.8 cm³/mol. The van der Waals surface area contributed by atoms with Gasteiger partial charge in [0.15, 0.2) is 0 Å². The summed E-state index contributed by atoms with van der Waals surface area (Å²) in [4.78, 5) is 17.5. The number of hydrogen-bond acceptors (Lipinski definition) is 6. The van der Waals surface area contributed by atoms with E-state index in [-0.39, 0.29) is 16.8 Å². The number of rotatable bonds is 8. The van der Waals surface area contributed by atoms with Crippen LogP contribution < -0.4 is 5.32 Å². The van der Waals surface area contributed by atoms with E-state index in [0.717, 1.165) is 12.6 Å². The smallest absolute Gasteiger partial charge is 0.329 e. The number of hydrogen-bond donors (Lipinski definition) is 1. The zero-order chi connectivity index (χ0) is 13.4. The standard InChI is InChI=1S/C10H13ClN4O3/c1-2-3-5-18-6-4-12-9-8(15(16)17)7-13-10(11)14-9/h2,7H,1,3-6H2,(H,12,13,14). The van der Waals surface area contributed by atoms with Gasteiger partial charge in [0.1, 0.15) is 6.20 Å². The number of ether oxygens (including phenoxy) is 1. The number of nitrogens with zero attached hydrogens (tertiary/aromatic N) is 3. The van der Waals surface area contributed by atoms with Gasteiger partial charge in [0.25, 0.3) is 0 Å². The zero-order valence-corrected chi connectivity index (χ0v) is 10.4. The topological polar surface area (TPSA) is 90.2 Å². The van der Waals surface area contributed by atoms with E-state index in [1.54, 1.807) is 6.08 Å². The lowest BCUT2D eigenvalue weighted by Gasteiger charge is -2.06. The van der Waals surface area contributed by atoms with Crippen LogP contribution in [-0.2, 0) is 4.74 Å². The molecule has 18 heavy (non-hydrogen) atoms. The van der Waals surface area contributed by atoms with Gasteiger partial charge in [-0.2, -0.15) is 4.98 Å². The van der Waals surface area contributed by atoms with Crippen molar-refractivity contribution in [1.82, 2.24) is 9.97 Å². The van der Waals surface area contributed by atoms with Crippen molar-refractivity contribution in [2.24, 2.45) is 0 Å². The molecule has 7 nitrogen and oxygen atoms in total. The first-order valence-electron chi connectivity index (χ1n) is 5.24. The summed E-state index contributed by atoms with van der Waals surface area (Å²) in [5, 5.41) is 13.4. The molecule has 1 rings (SSSR count). The number of anilines is 1. The van der Waals surface area contributed by atoms with E-state index in [1.807, 2.05) is 0 Å². The molecule has 0 amide bonds. The van der Waals surface area contributed by atoms with E-state index in [1.165, 1.54) is 0 Å². The molecule has 1 heterocycles. The lowest BCUT2D eigenvalue weighted by Crippen LogP contribution is -2.12. The molecule has 0 saturated carbocycles. The number of halogens is 1. The van der Waals surface area contributed by atoms with E-state index in [2.05, 4.69) is 21.9 Å². The molecule has 0 aliphatic heterocycles. The quantitative estimate of drug-likeness (QED) is 0.256. The molecule has 8 heteroatoms. The van der Waals surface area contributed by atoms with Crippen LogP contribution in [0.4, 0.5) is 11.5 Å². The Morgan fingerprint density at radius 1 is 1.61 bits per heavy atom. The largest absolute Gasteiger partial charge is 0.379 e. The minimum Gasteiger partial charge on any atom is -0.379 e. The van der Waals surface area contributed by atoms with Crippen molar-refractivity contribution in [2.75, 3.05) is 25.1 Å². The molecule has 0 spiro atoms. The molecular formula is C10H13ClN4O3. The second-order valence-electron chi connectivity index (χ2n) is 3.25. The molecule has 0 aliphatic carbocycles. The Labute approximate surface area is 109 Å². The van der Waals surface area contributed by atoms with Crippen LogP contribution in [0.1, 0.15) is 6.42 Å². The Bertz CT molecular complexity index is 428. The molecule has 98 valence electrons. The average Bonchev–Trinajstić information content (AvgIpc) is 2.33. The van der Waals surface area contributed by atoms with Gasteiger partial charge in [0.2, 0.25) is 11.1 Å². The maximum atomic E-state index is 10.7. The Hall–Kier alpha value is -1.73. The van der Waals surface area contributed by atoms with Gasteiger partial charge in [0.05, 0.1) is 18.1 Å². The summed E-state index contributed by atoms with van der Waals surface area (Å²) in [6, 6.07) is 0. The molecular weight excluding hydrogens is 260 g/mol. The van der Waals surface area contributed by atoms with Crippen LogP contribution in [0, 0.1) is 10.1 Å². The third-order valence-electron chi connectivity index (χ3n) is 1.94.